The van der Waals surface area contributed by atoms with Crippen LogP contribution in [0.3, 0.4) is 0 Å². The van der Waals surface area contributed by atoms with Crippen LogP contribution < -0.4 is 0 Å². The summed E-state index contributed by atoms with van der Waals surface area (Å²) in [5.74, 6) is -9.76. The van der Waals surface area contributed by atoms with Crippen molar-refractivity contribution < 1.29 is 27.1 Å². The number of aliphatic hydroxyl groups is 1. The van der Waals surface area contributed by atoms with Crippen LogP contribution in [0.5, 0.6) is 0 Å². The first-order valence-corrected chi connectivity index (χ1v) is 4.54. The SMILES string of the molecule is C[C@H](O)CCc1c(F)c(F)c(F)c(F)c1F. The standard InChI is InChI=1S/C10H9F5O/c1-4(16)2-3-5-6(11)8(13)10(15)9(14)7(5)12/h4,16H,2-3H2,1H3/t4-/m0/s1. The van der Waals surface area contributed by atoms with E-state index < -0.39 is 47.2 Å². The van der Waals surface area contributed by atoms with E-state index in [-0.39, 0.29) is 6.42 Å². The Labute approximate surface area is 88.5 Å². The number of rotatable bonds is 3. The van der Waals surface area contributed by atoms with Crippen molar-refractivity contribution in [2.45, 2.75) is 25.9 Å². The van der Waals surface area contributed by atoms with Crippen LogP contribution in [0.4, 0.5) is 22.0 Å². The molecule has 0 radical (unpaired) electrons. The predicted octanol–water partition coefficient (Wildman–Crippen LogP) is 2.70. The number of hydrogen-bond acceptors (Lipinski definition) is 1. The van der Waals surface area contributed by atoms with Gasteiger partial charge in [-0.2, -0.15) is 0 Å². The summed E-state index contributed by atoms with van der Waals surface area (Å²) in [4.78, 5) is 0. The molecule has 1 nitrogen and oxygen atoms in total. The minimum Gasteiger partial charge on any atom is -0.393 e. The van der Waals surface area contributed by atoms with E-state index in [2.05, 4.69) is 0 Å². The molecule has 0 aliphatic heterocycles. The first-order valence-electron chi connectivity index (χ1n) is 4.54. The molecule has 0 spiro atoms. The molecular weight excluding hydrogens is 231 g/mol. The van der Waals surface area contributed by atoms with E-state index in [1.54, 1.807) is 0 Å². The highest BCUT2D eigenvalue weighted by Crippen LogP contribution is 2.24. The molecule has 1 N–H and O–H groups in total. The zero-order valence-electron chi connectivity index (χ0n) is 8.33. The molecule has 90 valence electrons. The van der Waals surface area contributed by atoms with Gasteiger partial charge >= 0.3 is 0 Å². The molecule has 6 heteroatoms. The van der Waals surface area contributed by atoms with E-state index in [1.165, 1.54) is 6.92 Å². The van der Waals surface area contributed by atoms with Crippen LogP contribution in [-0.2, 0) is 6.42 Å². The molecule has 16 heavy (non-hydrogen) atoms. The van der Waals surface area contributed by atoms with Crippen molar-refractivity contribution in [3.8, 4) is 0 Å². The average Bonchev–Trinajstić information content (AvgIpc) is 2.23. The summed E-state index contributed by atoms with van der Waals surface area (Å²) in [7, 11) is 0. The summed E-state index contributed by atoms with van der Waals surface area (Å²) in [6.07, 6.45) is -1.38. The van der Waals surface area contributed by atoms with Gasteiger partial charge in [-0.3, -0.25) is 0 Å². The lowest BCUT2D eigenvalue weighted by Crippen LogP contribution is -2.10. The number of hydrogen-bond donors (Lipinski definition) is 1. The maximum atomic E-state index is 13.1. The van der Waals surface area contributed by atoms with Gasteiger partial charge in [-0.15, -0.1) is 0 Å². The van der Waals surface area contributed by atoms with Gasteiger partial charge in [0.15, 0.2) is 23.3 Å². The summed E-state index contributed by atoms with van der Waals surface area (Å²) in [6, 6.07) is 0. The maximum Gasteiger partial charge on any atom is 0.200 e. The van der Waals surface area contributed by atoms with Crippen molar-refractivity contribution in [2.24, 2.45) is 0 Å². The maximum absolute atomic E-state index is 13.1. The lowest BCUT2D eigenvalue weighted by Gasteiger charge is -2.09. The highest BCUT2D eigenvalue weighted by molar-refractivity contribution is 5.24. The molecule has 0 aliphatic rings. The van der Waals surface area contributed by atoms with E-state index >= 15 is 0 Å². The van der Waals surface area contributed by atoms with Crippen molar-refractivity contribution in [1.29, 1.82) is 0 Å². The van der Waals surface area contributed by atoms with E-state index in [9.17, 15) is 22.0 Å². The molecule has 0 unspecified atom stereocenters. The quantitative estimate of drug-likeness (QED) is 0.489. The Morgan fingerprint density at radius 1 is 0.875 bits per heavy atom. The molecule has 0 saturated heterocycles. The van der Waals surface area contributed by atoms with Crippen molar-refractivity contribution in [3.05, 3.63) is 34.6 Å². The first kappa shape index (κ1) is 12.9. The summed E-state index contributed by atoms with van der Waals surface area (Å²) in [5.41, 5.74) is -0.891. The van der Waals surface area contributed by atoms with Crippen LogP contribution in [0.25, 0.3) is 0 Å². The van der Waals surface area contributed by atoms with Gasteiger partial charge in [0.2, 0.25) is 5.82 Å². The van der Waals surface area contributed by atoms with Gasteiger partial charge < -0.3 is 5.11 Å². The van der Waals surface area contributed by atoms with Gasteiger partial charge in [0.25, 0.3) is 0 Å². The smallest absolute Gasteiger partial charge is 0.200 e. The van der Waals surface area contributed by atoms with Gasteiger partial charge in [0.05, 0.1) is 6.10 Å². The Bertz CT molecular complexity index is 374. The van der Waals surface area contributed by atoms with Crippen LogP contribution >= 0.6 is 0 Å². The van der Waals surface area contributed by atoms with Crippen LogP contribution in [0.15, 0.2) is 0 Å². The summed E-state index contributed by atoms with van der Waals surface area (Å²) in [5, 5.41) is 8.88. The molecule has 0 heterocycles. The minimum absolute atomic E-state index is 0.0850. The van der Waals surface area contributed by atoms with Crippen molar-refractivity contribution in [2.75, 3.05) is 0 Å². The second-order valence-electron chi connectivity index (χ2n) is 3.44. The lowest BCUT2D eigenvalue weighted by atomic mass is 10.1. The van der Waals surface area contributed by atoms with Crippen LogP contribution in [0.2, 0.25) is 0 Å². The second-order valence-corrected chi connectivity index (χ2v) is 3.44. The number of halogens is 5. The fourth-order valence-corrected chi connectivity index (χ4v) is 1.22. The molecule has 0 bridgehead atoms. The van der Waals surface area contributed by atoms with Gasteiger partial charge in [0, 0.05) is 5.56 Å². The zero-order chi connectivity index (χ0) is 12.5. The normalized spacial score (nSPS) is 12.9. The second kappa shape index (κ2) is 4.78. The van der Waals surface area contributed by atoms with Gasteiger partial charge in [-0.1, -0.05) is 0 Å². The molecule has 1 atom stereocenters. The van der Waals surface area contributed by atoms with Crippen molar-refractivity contribution in [3.63, 3.8) is 0 Å². The minimum atomic E-state index is -2.17. The van der Waals surface area contributed by atoms with Gasteiger partial charge in [-0.25, -0.2) is 22.0 Å². The first-order chi connectivity index (χ1) is 7.36. The Hall–Kier alpha value is -1.17. The van der Waals surface area contributed by atoms with E-state index in [0.29, 0.717) is 0 Å². The third kappa shape index (κ3) is 2.32. The highest BCUT2D eigenvalue weighted by atomic mass is 19.2. The summed E-state index contributed by atoms with van der Waals surface area (Å²) in [6.45, 7) is 1.35. The predicted molar refractivity (Wildman–Crippen MR) is 46.2 cm³/mol. The molecular formula is C10H9F5O. The molecule has 0 aliphatic carbocycles. The molecule has 0 aromatic heterocycles. The largest absolute Gasteiger partial charge is 0.393 e. The van der Waals surface area contributed by atoms with Gasteiger partial charge in [0.1, 0.15) is 0 Å². The molecule has 1 aromatic carbocycles. The molecule has 0 amide bonds. The van der Waals surface area contributed by atoms with Crippen LogP contribution in [0.1, 0.15) is 18.9 Å². The van der Waals surface area contributed by atoms with E-state index in [0.717, 1.165) is 0 Å². The highest BCUT2D eigenvalue weighted by Gasteiger charge is 2.25. The monoisotopic (exact) mass is 240 g/mol. The molecule has 1 rings (SSSR count). The number of aliphatic hydroxyl groups excluding tert-OH is 1. The fourth-order valence-electron chi connectivity index (χ4n) is 1.22. The van der Waals surface area contributed by atoms with E-state index in [1.807, 2.05) is 0 Å². The summed E-state index contributed by atoms with van der Waals surface area (Å²) < 4.78 is 64.1. The Kier molecular flexibility index (Phi) is 3.85. The van der Waals surface area contributed by atoms with Crippen molar-refractivity contribution in [1.82, 2.24) is 0 Å². The molecule has 0 saturated carbocycles. The van der Waals surface area contributed by atoms with E-state index in [4.69, 9.17) is 5.11 Å². The number of benzene rings is 1. The Balaban J connectivity index is 3.18. The average molecular weight is 240 g/mol. The Morgan fingerprint density at radius 3 is 1.62 bits per heavy atom. The topological polar surface area (TPSA) is 20.2 Å². The van der Waals surface area contributed by atoms with Crippen LogP contribution in [0, 0.1) is 29.1 Å². The lowest BCUT2D eigenvalue weighted by molar-refractivity contribution is 0.183. The third-order valence-electron chi connectivity index (χ3n) is 2.11. The van der Waals surface area contributed by atoms with Gasteiger partial charge in [-0.05, 0) is 19.8 Å². The summed E-state index contributed by atoms with van der Waals surface area (Å²) >= 11 is 0. The third-order valence-corrected chi connectivity index (χ3v) is 2.11. The molecule has 1 aromatic rings. The Morgan fingerprint density at radius 2 is 1.25 bits per heavy atom. The zero-order valence-corrected chi connectivity index (χ0v) is 8.33. The molecule has 0 fully saturated rings. The fraction of sp³-hybridized carbons (Fsp3) is 0.400. The van der Waals surface area contributed by atoms with Crippen molar-refractivity contribution >= 4 is 0 Å². The van der Waals surface area contributed by atoms with Crippen LogP contribution in [-0.4, -0.2) is 11.2 Å².